The van der Waals surface area contributed by atoms with E-state index in [1.165, 1.54) is 0 Å². The molecule has 0 bridgehead atoms. The highest BCUT2D eigenvalue weighted by atomic mass is 16.5. The number of hydrogen-bond donors (Lipinski definition) is 1. The second-order valence-electron chi connectivity index (χ2n) is 3.54. The number of ether oxygens (including phenoxy) is 1. The number of nitrogens with zero attached hydrogens (tertiary/aromatic N) is 3. The van der Waals surface area contributed by atoms with Crippen LogP contribution in [0.4, 0.5) is 5.82 Å². The molecule has 0 radical (unpaired) electrons. The first-order valence-corrected chi connectivity index (χ1v) is 5.04. The maximum atomic E-state index is 8.89. The van der Waals surface area contributed by atoms with Crippen molar-refractivity contribution in [3.63, 3.8) is 0 Å². The Morgan fingerprint density at radius 1 is 1.41 bits per heavy atom. The molecule has 0 saturated carbocycles. The van der Waals surface area contributed by atoms with Gasteiger partial charge in [-0.1, -0.05) is 12.1 Å². The fourth-order valence-corrected chi connectivity index (χ4v) is 1.66. The number of hydrogen-bond acceptors (Lipinski definition) is 4. The number of anilines is 1. The Kier molecular flexibility index (Phi) is 2.71. The Balaban J connectivity index is 2.65. The van der Waals surface area contributed by atoms with Crippen molar-refractivity contribution in [2.75, 3.05) is 12.8 Å². The van der Waals surface area contributed by atoms with Gasteiger partial charge in [-0.05, 0) is 12.1 Å². The molecule has 1 aromatic heterocycles. The molecule has 0 aliphatic carbocycles. The zero-order valence-electron chi connectivity index (χ0n) is 9.64. The Bertz CT molecular complexity index is 595. The molecule has 5 nitrogen and oxygen atoms in total. The van der Waals surface area contributed by atoms with E-state index in [-0.39, 0.29) is 5.69 Å². The molecule has 2 aromatic rings. The first-order valence-electron chi connectivity index (χ1n) is 5.04. The van der Waals surface area contributed by atoms with Crippen LogP contribution in [0.15, 0.2) is 24.3 Å². The van der Waals surface area contributed by atoms with E-state index in [4.69, 9.17) is 15.7 Å². The predicted molar refractivity (Wildman–Crippen MR) is 64.3 cm³/mol. The van der Waals surface area contributed by atoms with Gasteiger partial charge in [0, 0.05) is 7.05 Å². The molecule has 1 aromatic carbocycles. The molecule has 17 heavy (non-hydrogen) atoms. The quantitative estimate of drug-likeness (QED) is 0.846. The van der Waals surface area contributed by atoms with Gasteiger partial charge < -0.3 is 15.0 Å². The summed E-state index contributed by atoms with van der Waals surface area (Å²) < 4.78 is 6.94. The lowest BCUT2D eigenvalue weighted by Gasteiger charge is -2.07. The number of nitrogen functional groups attached to an aromatic ring is 1. The van der Waals surface area contributed by atoms with Crippen molar-refractivity contribution >= 4 is 5.82 Å². The van der Waals surface area contributed by atoms with E-state index in [1.54, 1.807) is 18.7 Å². The minimum Gasteiger partial charge on any atom is -0.496 e. The summed E-state index contributed by atoms with van der Waals surface area (Å²) in [6.07, 6.45) is 0. The standard InChI is InChI=1S/C12H12N4O/c1-16-11(14)9(7-13)15-12(16)8-5-3-4-6-10(8)17-2/h3-6H,14H2,1-2H3. The lowest BCUT2D eigenvalue weighted by atomic mass is 10.2. The number of nitriles is 1. The first kappa shape index (κ1) is 11.0. The van der Waals surface area contributed by atoms with Crippen LogP contribution in [0.2, 0.25) is 0 Å². The van der Waals surface area contributed by atoms with E-state index in [2.05, 4.69) is 4.98 Å². The van der Waals surface area contributed by atoms with Crippen molar-refractivity contribution in [1.29, 1.82) is 5.26 Å². The topological polar surface area (TPSA) is 76.9 Å². The molecule has 2 rings (SSSR count). The van der Waals surface area contributed by atoms with E-state index in [0.717, 1.165) is 5.56 Å². The molecule has 0 saturated heterocycles. The van der Waals surface area contributed by atoms with Gasteiger partial charge in [-0.25, -0.2) is 4.98 Å². The molecular formula is C12H12N4O. The van der Waals surface area contributed by atoms with Crippen molar-refractivity contribution in [2.24, 2.45) is 7.05 Å². The Morgan fingerprint density at radius 2 is 2.12 bits per heavy atom. The predicted octanol–water partition coefficient (Wildman–Crippen LogP) is 1.55. The minimum absolute atomic E-state index is 0.230. The lowest BCUT2D eigenvalue weighted by Crippen LogP contribution is -1.99. The van der Waals surface area contributed by atoms with Gasteiger partial charge in [-0.3, -0.25) is 0 Å². The molecule has 0 atom stereocenters. The molecule has 1 heterocycles. The normalized spacial score (nSPS) is 9.94. The van der Waals surface area contributed by atoms with Crippen molar-refractivity contribution in [1.82, 2.24) is 9.55 Å². The minimum atomic E-state index is 0.230. The molecule has 0 aliphatic rings. The molecule has 0 fully saturated rings. The highest BCUT2D eigenvalue weighted by molar-refractivity contribution is 5.68. The van der Waals surface area contributed by atoms with Gasteiger partial charge in [-0.2, -0.15) is 5.26 Å². The third-order valence-corrected chi connectivity index (χ3v) is 2.59. The lowest BCUT2D eigenvalue weighted by molar-refractivity contribution is 0.416. The molecular weight excluding hydrogens is 216 g/mol. The van der Waals surface area contributed by atoms with Gasteiger partial charge in [0.25, 0.3) is 0 Å². The summed E-state index contributed by atoms with van der Waals surface area (Å²) >= 11 is 0. The number of imidazole rings is 1. The Hall–Kier alpha value is -2.48. The van der Waals surface area contributed by atoms with Crippen molar-refractivity contribution < 1.29 is 4.74 Å². The van der Waals surface area contributed by atoms with Crippen LogP contribution in [0.25, 0.3) is 11.4 Å². The monoisotopic (exact) mass is 228 g/mol. The molecule has 5 heteroatoms. The summed E-state index contributed by atoms with van der Waals surface area (Å²) in [5.41, 5.74) is 6.82. The third kappa shape index (κ3) is 1.70. The molecule has 0 aliphatic heterocycles. The van der Waals surface area contributed by atoms with Crippen LogP contribution in [-0.4, -0.2) is 16.7 Å². The van der Waals surface area contributed by atoms with Crippen LogP contribution in [0, 0.1) is 11.3 Å². The fourth-order valence-electron chi connectivity index (χ4n) is 1.66. The van der Waals surface area contributed by atoms with Gasteiger partial charge in [0.2, 0.25) is 0 Å². The van der Waals surface area contributed by atoms with E-state index in [9.17, 15) is 0 Å². The van der Waals surface area contributed by atoms with Gasteiger partial charge in [0.05, 0.1) is 12.7 Å². The number of benzene rings is 1. The second kappa shape index (κ2) is 4.18. The van der Waals surface area contributed by atoms with Crippen LogP contribution in [0.1, 0.15) is 5.69 Å². The van der Waals surface area contributed by atoms with Crippen LogP contribution >= 0.6 is 0 Å². The van der Waals surface area contributed by atoms with Gasteiger partial charge in [0.15, 0.2) is 5.69 Å². The van der Waals surface area contributed by atoms with Crippen LogP contribution in [0.5, 0.6) is 5.75 Å². The van der Waals surface area contributed by atoms with Crippen LogP contribution in [-0.2, 0) is 7.05 Å². The largest absolute Gasteiger partial charge is 0.496 e. The maximum absolute atomic E-state index is 8.89. The van der Waals surface area contributed by atoms with E-state index >= 15 is 0 Å². The van der Waals surface area contributed by atoms with Gasteiger partial charge in [0.1, 0.15) is 23.5 Å². The van der Waals surface area contributed by atoms with Gasteiger partial charge in [-0.15, -0.1) is 0 Å². The zero-order chi connectivity index (χ0) is 12.4. The summed E-state index contributed by atoms with van der Waals surface area (Å²) in [7, 11) is 3.36. The summed E-state index contributed by atoms with van der Waals surface area (Å²) in [6, 6.07) is 9.44. The fraction of sp³-hybridized carbons (Fsp3) is 0.167. The number of rotatable bonds is 2. The second-order valence-corrected chi connectivity index (χ2v) is 3.54. The Labute approximate surface area is 99.1 Å². The average Bonchev–Trinajstić information content (AvgIpc) is 2.66. The van der Waals surface area contributed by atoms with Crippen molar-refractivity contribution in [2.45, 2.75) is 0 Å². The molecule has 0 spiro atoms. The molecule has 2 N–H and O–H groups in total. The van der Waals surface area contributed by atoms with Crippen LogP contribution < -0.4 is 10.5 Å². The third-order valence-electron chi connectivity index (χ3n) is 2.59. The van der Waals surface area contributed by atoms with E-state index in [0.29, 0.717) is 17.4 Å². The zero-order valence-corrected chi connectivity index (χ0v) is 9.64. The molecule has 0 unspecified atom stereocenters. The number of para-hydroxylation sites is 1. The number of aromatic nitrogens is 2. The summed E-state index contributed by atoms with van der Waals surface area (Å²) in [5, 5.41) is 8.89. The van der Waals surface area contributed by atoms with Crippen LogP contribution in [0.3, 0.4) is 0 Å². The van der Waals surface area contributed by atoms with Crippen molar-refractivity contribution in [3.05, 3.63) is 30.0 Å². The van der Waals surface area contributed by atoms with Gasteiger partial charge >= 0.3 is 0 Å². The average molecular weight is 228 g/mol. The van der Waals surface area contributed by atoms with Crippen molar-refractivity contribution in [3.8, 4) is 23.2 Å². The van der Waals surface area contributed by atoms with E-state index in [1.807, 2.05) is 30.3 Å². The van der Waals surface area contributed by atoms with E-state index < -0.39 is 0 Å². The smallest absolute Gasteiger partial charge is 0.183 e. The maximum Gasteiger partial charge on any atom is 0.183 e. The Morgan fingerprint density at radius 3 is 2.71 bits per heavy atom. The molecule has 0 amide bonds. The number of methoxy groups -OCH3 is 1. The number of nitrogens with two attached hydrogens (primary N) is 1. The SMILES string of the molecule is COc1ccccc1-c1nc(C#N)c(N)n1C. The summed E-state index contributed by atoms with van der Waals surface area (Å²) in [4.78, 5) is 4.20. The highest BCUT2D eigenvalue weighted by Crippen LogP contribution is 2.30. The highest BCUT2D eigenvalue weighted by Gasteiger charge is 2.15. The summed E-state index contributed by atoms with van der Waals surface area (Å²) in [6.45, 7) is 0. The molecule has 86 valence electrons. The summed E-state index contributed by atoms with van der Waals surface area (Å²) in [5.74, 6) is 1.68. The first-order chi connectivity index (χ1) is 8.19.